The first-order valence-electron chi connectivity index (χ1n) is 7.55. The highest BCUT2D eigenvalue weighted by molar-refractivity contribution is 8.01. The van der Waals surface area contributed by atoms with E-state index >= 15 is 0 Å². The Morgan fingerprint density at radius 1 is 1.32 bits per heavy atom. The molecule has 1 aromatic heterocycles. The molecule has 0 bridgehead atoms. The van der Waals surface area contributed by atoms with E-state index in [0.29, 0.717) is 34.2 Å². The third kappa shape index (κ3) is 6.24. The summed E-state index contributed by atoms with van der Waals surface area (Å²) in [6, 6.07) is 5.46. The lowest BCUT2D eigenvalue weighted by Gasteiger charge is -2.11. The average molecular weight is 381 g/mol. The van der Waals surface area contributed by atoms with Crippen LogP contribution in [0.5, 0.6) is 11.5 Å². The number of aromatic nitrogens is 2. The van der Waals surface area contributed by atoms with E-state index in [-0.39, 0.29) is 11.7 Å². The van der Waals surface area contributed by atoms with Crippen molar-refractivity contribution < 1.29 is 14.3 Å². The smallest absolute Gasteiger partial charge is 0.250 e. The molecule has 134 valence electrons. The quantitative estimate of drug-likeness (QED) is 0.389. The van der Waals surface area contributed by atoms with Gasteiger partial charge < -0.3 is 15.2 Å². The Kier molecular flexibility index (Phi) is 7.48. The van der Waals surface area contributed by atoms with Gasteiger partial charge in [-0.3, -0.25) is 4.79 Å². The number of ether oxygens (including phenoxy) is 2. The van der Waals surface area contributed by atoms with Crippen molar-refractivity contribution in [2.45, 2.75) is 18.2 Å². The number of carbonyl (C=O) groups is 1. The van der Waals surface area contributed by atoms with Crippen LogP contribution >= 0.6 is 23.1 Å². The zero-order valence-electron chi connectivity index (χ0n) is 13.9. The van der Waals surface area contributed by atoms with E-state index in [1.165, 1.54) is 23.1 Å². The first-order valence-corrected chi connectivity index (χ1v) is 9.36. The molecule has 1 aromatic carbocycles. The van der Waals surface area contributed by atoms with Gasteiger partial charge in [0.2, 0.25) is 5.13 Å². The normalized spacial score (nSPS) is 10.8. The van der Waals surface area contributed by atoms with Crippen LogP contribution < -0.4 is 20.6 Å². The second kappa shape index (κ2) is 9.84. The molecule has 25 heavy (non-hydrogen) atoms. The first-order chi connectivity index (χ1) is 12.1. The summed E-state index contributed by atoms with van der Waals surface area (Å²) < 4.78 is 11.7. The molecule has 0 saturated heterocycles. The molecule has 2 rings (SSSR count). The van der Waals surface area contributed by atoms with Crippen LogP contribution in [0.2, 0.25) is 0 Å². The number of hydrogen-bond donors (Lipinski definition) is 2. The molecule has 0 aliphatic carbocycles. The van der Waals surface area contributed by atoms with Crippen LogP contribution in [0, 0.1) is 0 Å². The average Bonchev–Trinajstić information content (AvgIpc) is 3.01. The molecule has 0 aliphatic rings. The highest BCUT2D eigenvalue weighted by Gasteiger charge is 2.07. The Morgan fingerprint density at radius 3 is 2.76 bits per heavy atom. The summed E-state index contributed by atoms with van der Waals surface area (Å²) in [7, 11) is 0. The summed E-state index contributed by atoms with van der Waals surface area (Å²) in [5.41, 5.74) is 8.73. The molecule has 0 radical (unpaired) electrons. The van der Waals surface area contributed by atoms with Crippen molar-refractivity contribution in [3.63, 3.8) is 0 Å². The highest BCUT2D eigenvalue weighted by Crippen LogP contribution is 2.28. The van der Waals surface area contributed by atoms with E-state index in [1.54, 1.807) is 6.21 Å². The molecule has 1 heterocycles. The summed E-state index contributed by atoms with van der Waals surface area (Å²) in [6.45, 7) is 4.90. The van der Waals surface area contributed by atoms with E-state index in [4.69, 9.17) is 15.2 Å². The molecule has 0 fully saturated rings. The number of carbonyl (C=O) groups excluding carboxylic acids is 1. The second-order valence-corrected chi connectivity index (χ2v) is 6.79. The van der Waals surface area contributed by atoms with Gasteiger partial charge in [-0.15, -0.1) is 10.2 Å². The van der Waals surface area contributed by atoms with Crippen molar-refractivity contribution in [1.29, 1.82) is 0 Å². The highest BCUT2D eigenvalue weighted by atomic mass is 32.2. The molecule has 0 saturated carbocycles. The Labute approximate surface area is 153 Å². The summed E-state index contributed by atoms with van der Waals surface area (Å²) >= 11 is 2.49. The van der Waals surface area contributed by atoms with E-state index in [0.717, 1.165) is 5.56 Å². The molecular weight excluding hydrogens is 362 g/mol. The summed E-state index contributed by atoms with van der Waals surface area (Å²) in [5.74, 6) is 1.26. The fourth-order valence-corrected chi connectivity index (χ4v) is 3.19. The standard InChI is InChI=1S/C15H19N5O3S2/c1-3-22-11-6-5-10(7-12(11)23-4-2)8-17-18-13(21)9-24-15-20-19-14(16)25-15/h5-8H,3-4,9H2,1-2H3,(H2,16,19)(H,18,21). The van der Waals surface area contributed by atoms with Crippen LogP contribution in [0.3, 0.4) is 0 Å². The van der Waals surface area contributed by atoms with Crippen LogP contribution in [0.25, 0.3) is 0 Å². The van der Waals surface area contributed by atoms with Gasteiger partial charge in [0.05, 0.1) is 25.2 Å². The minimum absolute atomic E-state index is 0.180. The van der Waals surface area contributed by atoms with E-state index in [1.807, 2.05) is 32.0 Å². The molecule has 0 spiro atoms. The predicted molar refractivity (Wildman–Crippen MR) is 99.6 cm³/mol. The van der Waals surface area contributed by atoms with Crippen molar-refractivity contribution >= 4 is 40.4 Å². The fraction of sp³-hybridized carbons (Fsp3) is 0.333. The molecule has 3 N–H and O–H groups in total. The van der Waals surface area contributed by atoms with E-state index in [2.05, 4.69) is 20.7 Å². The van der Waals surface area contributed by atoms with Gasteiger partial charge in [-0.05, 0) is 37.6 Å². The maximum atomic E-state index is 11.8. The van der Waals surface area contributed by atoms with E-state index < -0.39 is 0 Å². The van der Waals surface area contributed by atoms with Gasteiger partial charge in [0.1, 0.15) is 0 Å². The number of rotatable bonds is 9. The predicted octanol–water partition coefficient (Wildman–Crippen LogP) is 2.16. The number of nitrogens with one attached hydrogen (secondary N) is 1. The number of hydrazone groups is 1. The Bertz CT molecular complexity index is 736. The van der Waals surface area contributed by atoms with Crippen molar-refractivity contribution in [3.05, 3.63) is 23.8 Å². The molecule has 2 aromatic rings. The zero-order valence-corrected chi connectivity index (χ0v) is 15.5. The van der Waals surface area contributed by atoms with Crippen molar-refractivity contribution in [3.8, 4) is 11.5 Å². The summed E-state index contributed by atoms with van der Waals surface area (Å²) in [5, 5.41) is 11.8. The largest absolute Gasteiger partial charge is 0.490 e. The molecule has 8 nitrogen and oxygen atoms in total. The van der Waals surface area contributed by atoms with Gasteiger partial charge in [-0.25, -0.2) is 5.43 Å². The third-order valence-corrected chi connectivity index (χ3v) is 4.60. The van der Waals surface area contributed by atoms with Crippen molar-refractivity contribution in [2.75, 3.05) is 24.7 Å². The minimum atomic E-state index is -0.244. The second-order valence-electron chi connectivity index (χ2n) is 4.56. The summed E-state index contributed by atoms with van der Waals surface area (Å²) in [6.07, 6.45) is 1.55. The fourth-order valence-electron chi connectivity index (χ4n) is 1.77. The number of nitrogens with two attached hydrogens (primary N) is 1. The zero-order chi connectivity index (χ0) is 18.1. The minimum Gasteiger partial charge on any atom is -0.490 e. The van der Waals surface area contributed by atoms with Crippen molar-refractivity contribution in [2.24, 2.45) is 5.10 Å². The lowest BCUT2D eigenvalue weighted by Crippen LogP contribution is -2.19. The van der Waals surface area contributed by atoms with Crippen LogP contribution in [-0.2, 0) is 4.79 Å². The van der Waals surface area contributed by atoms with Crippen LogP contribution in [0.1, 0.15) is 19.4 Å². The van der Waals surface area contributed by atoms with Crippen LogP contribution in [0.4, 0.5) is 5.13 Å². The molecular formula is C15H19N5O3S2. The number of nitrogen functional groups attached to an aromatic ring is 1. The Balaban J connectivity index is 1.87. The van der Waals surface area contributed by atoms with Gasteiger partial charge >= 0.3 is 0 Å². The number of amides is 1. The van der Waals surface area contributed by atoms with Crippen LogP contribution in [-0.4, -0.2) is 41.3 Å². The Morgan fingerprint density at radius 2 is 2.08 bits per heavy atom. The number of thioether (sulfide) groups is 1. The monoisotopic (exact) mass is 381 g/mol. The first kappa shape index (κ1) is 19.0. The molecule has 10 heteroatoms. The molecule has 0 unspecified atom stereocenters. The SMILES string of the molecule is CCOc1ccc(C=NNC(=O)CSc2nnc(N)s2)cc1OCC. The third-order valence-electron chi connectivity index (χ3n) is 2.72. The topological polar surface area (TPSA) is 112 Å². The van der Waals surface area contributed by atoms with Gasteiger partial charge in [-0.2, -0.15) is 5.10 Å². The molecule has 0 aliphatic heterocycles. The number of nitrogens with zero attached hydrogens (tertiary/aromatic N) is 3. The Hall–Kier alpha value is -2.33. The number of hydrogen-bond acceptors (Lipinski definition) is 9. The van der Waals surface area contributed by atoms with Gasteiger partial charge in [-0.1, -0.05) is 23.1 Å². The van der Waals surface area contributed by atoms with Gasteiger partial charge in [0.25, 0.3) is 5.91 Å². The van der Waals surface area contributed by atoms with Gasteiger partial charge in [0.15, 0.2) is 15.8 Å². The lowest BCUT2D eigenvalue weighted by molar-refractivity contribution is -0.118. The molecule has 0 atom stereocenters. The van der Waals surface area contributed by atoms with Crippen molar-refractivity contribution in [1.82, 2.24) is 15.6 Å². The maximum absolute atomic E-state index is 11.8. The van der Waals surface area contributed by atoms with Gasteiger partial charge in [0, 0.05) is 0 Å². The lowest BCUT2D eigenvalue weighted by atomic mass is 10.2. The number of benzene rings is 1. The van der Waals surface area contributed by atoms with Crippen LogP contribution in [0.15, 0.2) is 27.6 Å². The molecule has 1 amide bonds. The maximum Gasteiger partial charge on any atom is 0.250 e. The number of anilines is 1. The van der Waals surface area contributed by atoms with E-state index in [9.17, 15) is 4.79 Å². The summed E-state index contributed by atoms with van der Waals surface area (Å²) in [4.78, 5) is 11.8.